The maximum atomic E-state index is 13.8. The Kier molecular flexibility index (Phi) is 4.20. The molecule has 2 fully saturated rings. The van der Waals surface area contributed by atoms with Gasteiger partial charge >= 0.3 is 0 Å². The summed E-state index contributed by atoms with van der Waals surface area (Å²) in [6.07, 6.45) is 2.44. The lowest BCUT2D eigenvalue weighted by molar-refractivity contribution is -0.0798. The van der Waals surface area contributed by atoms with Gasteiger partial charge in [0.15, 0.2) is 5.82 Å². The summed E-state index contributed by atoms with van der Waals surface area (Å²) in [5.74, 6) is -0.463. The van der Waals surface area contributed by atoms with Gasteiger partial charge in [-0.2, -0.15) is 11.3 Å². The highest BCUT2D eigenvalue weighted by Gasteiger charge is 2.46. The Balaban J connectivity index is 1.50. The first-order valence-electron chi connectivity index (χ1n) is 7.96. The highest BCUT2D eigenvalue weighted by atomic mass is 32.1. The molecule has 1 amide bonds. The van der Waals surface area contributed by atoms with Gasteiger partial charge in [-0.05, 0) is 36.4 Å². The van der Waals surface area contributed by atoms with E-state index in [0.717, 1.165) is 6.42 Å². The number of morpholine rings is 1. The largest absolute Gasteiger partial charge is 0.469 e. The van der Waals surface area contributed by atoms with Crippen molar-refractivity contribution in [1.82, 2.24) is 9.88 Å². The minimum atomic E-state index is -0.483. The summed E-state index contributed by atoms with van der Waals surface area (Å²) in [7, 11) is 0. The van der Waals surface area contributed by atoms with Crippen LogP contribution in [0.2, 0.25) is 0 Å². The van der Waals surface area contributed by atoms with E-state index in [4.69, 9.17) is 9.47 Å². The van der Waals surface area contributed by atoms with Crippen molar-refractivity contribution in [3.05, 3.63) is 46.5 Å². The van der Waals surface area contributed by atoms with E-state index in [1.807, 2.05) is 21.7 Å². The maximum Gasteiger partial charge on any atom is 0.255 e. The van der Waals surface area contributed by atoms with Crippen molar-refractivity contribution in [1.29, 1.82) is 0 Å². The number of pyridine rings is 1. The van der Waals surface area contributed by atoms with Crippen molar-refractivity contribution in [3.63, 3.8) is 0 Å². The van der Waals surface area contributed by atoms with Gasteiger partial charge in [-0.1, -0.05) is 0 Å². The fraction of sp³-hybridized carbons (Fsp3) is 0.412. The third kappa shape index (κ3) is 2.78. The van der Waals surface area contributed by atoms with E-state index in [9.17, 15) is 9.18 Å². The van der Waals surface area contributed by atoms with E-state index >= 15 is 0 Å². The highest BCUT2D eigenvalue weighted by molar-refractivity contribution is 7.08. The minimum Gasteiger partial charge on any atom is -0.469 e. The fourth-order valence-corrected chi connectivity index (χ4v) is 4.08. The number of rotatable bonds is 3. The summed E-state index contributed by atoms with van der Waals surface area (Å²) in [5.41, 5.74) is 0.709. The fourth-order valence-electron chi connectivity index (χ4n) is 3.45. The van der Waals surface area contributed by atoms with E-state index < -0.39 is 5.82 Å². The molecule has 5 nitrogen and oxygen atoms in total. The van der Waals surface area contributed by atoms with E-state index in [1.165, 1.54) is 29.7 Å². The first-order valence-corrected chi connectivity index (χ1v) is 8.90. The summed E-state index contributed by atoms with van der Waals surface area (Å²) >= 11 is 1.51. The minimum absolute atomic E-state index is 0.00645. The molecule has 2 aliphatic rings. The quantitative estimate of drug-likeness (QED) is 0.856. The summed E-state index contributed by atoms with van der Waals surface area (Å²) < 4.78 is 25.4. The molecule has 4 rings (SSSR count). The average Bonchev–Trinajstić information content (AvgIpc) is 3.26. The number of ether oxygens (including phenoxy) is 2. The number of hydrogen-bond acceptors (Lipinski definition) is 5. The van der Waals surface area contributed by atoms with Crippen molar-refractivity contribution in [2.75, 3.05) is 13.2 Å². The summed E-state index contributed by atoms with van der Waals surface area (Å²) in [6.45, 7) is 1.03. The second kappa shape index (κ2) is 6.49. The van der Waals surface area contributed by atoms with Crippen LogP contribution >= 0.6 is 11.3 Å². The molecule has 1 aliphatic heterocycles. The summed E-state index contributed by atoms with van der Waals surface area (Å²) in [6, 6.07) is 4.65. The van der Waals surface area contributed by atoms with Gasteiger partial charge in [-0.15, -0.1) is 0 Å². The van der Waals surface area contributed by atoms with E-state index in [0.29, 0.717) is 25.1 Å². The molecule has 0 spiro atoms. The van der Waals surface area contributed by atoms with Gasteiger partial charge in [0.1, 0.15) is 12.2 Å². The first-order chi connectivity index (χ1) is 11.7. The summed E-state index contributed by atoms with van der Waals surface area (Å²) in [4.78, 5) is 18.5. The Morgan fingerprint density at radius 1 is 1.42 bits per heavy atom. The molecule has 3 heterocycles. The molecule has 2 aromatic heterocycles. The molecule has 126 valence electrons. The summed E-state index contributed by atoms with van der Waals surface area (Å²) in [5, 5.41) is 3.76. The van der Waals surface area contributed by atoms with Crippen LogP contribution in [0.15, 0.2) is 35.2 Å². The monoisotopic (exact) mass is 348 g/mol. The molecule has 0 unspecified atom stereocenters. The van der Waals surface area contributed by atoms with Gasteiger partial charge in [0.2, 0.25) is 0 Å². The molecule has 0 radical (unpaired) electrons. The van der Waals surface area contributed by atoms with Crippen LogP contribution < -0.4 is 4.74 Å². The third-order valence-electron chi connectivity index (χ3n) is 4.55. The predicted molar refractivity (Wildman–Crippen MR) is 86.7 cm³/mol. The molecule has 24 heavy (non-hydrogen) atoms. The lowest BCUT2D eigenvalue weighted by Crippen LogP contribution is -2.54. The van der Waals surface area contributed by atoms with Crippen molar-refractivity contribution in [2.45, 2.75) is 31.1 Å². The van der Waals surface area contributed by atoms with Crippen LogP contribution in [0.25, 0.3) is 0 Å². The second-order valence-electron chi connectivity index (χ2n) is 5.94. The number of hydrogen-bond donors (Lipinski definition) is 0. The number of carbonyl (C=O) groups excluding carboxylic acids is 1. The lowest BCUT2D eigenvalue weighted by atomic mass is 10.1. The number of thiophene rings is 1. The van der Waals surface area contributed by atoms with Crippen LogP contribution in [0.1, 0.15) is 23.2 Å². The topological polar surface area (TPSA) is 51.7 Å². The van der Waals surface area contributed by atoms with Crippen molar-refractivity contribution >= 4 is 17.2 Å². The van der Waals surface area contributed by atoms with E-state index in [1.54, 1.807) is 0 Å². The van der Waals surface area contributed by atoms with Crippen LogP contribution in [-0.2, 0) is 4.74 Å². The molecule has 3 atom stereocenters. The van der Waals surface area contributed by atoms with Crippen molar-refractivity contribution in [3.8, 4) is 5.88 Å². The Morgan fingerprint density at radius 2 is 2.33 bits per heavy atom. The number of fused-ring (bicyclic) bond motifs is 1. The van der Waals surface area contributed by atoms with Gasteiger partial charge in [0.05, 0.1) is 18.2 Å². The van der Waals surface area contributed by atoms with Crippen LogP contribution in [-0.4, -0.2) is 47.2 Å². The van der Waals surface area contributed by atoms with Gasteiger partial charge in [-0.3, -0.25) is 4.79 Å². The van der Waals surface area contributed by atoms with Crippen molar-refractivity contribution in [2.24, 2.45) is 0 Å². The van der Waals surface area contributed by atoms with Gasteiger partial charge in [0.25, 0.3) is 11.8 Å². The number of amides is 1. The maximum absolute atomic E-state index is 13.8. The zero-order valence-electron chi connectivity index (χ0n) is 12.9. The zero-order valence-corrected chi connectivity index (χ0v) is 13.7. The first kappa shape index (κ1) is 15.5. The molecule has 1 saturated carbocycles. The van der Waals surface area contributed by atoms with Gasteiger partial charge in [-0.25, -0.2) is 9.37 Å². The SMILES string of the molecule is O=C(c1ccsc1)N1CCO[C@H]2[C@H]1CC[C@H]2Oc1ncccc1F. The second-order valence-corrected chi connectivity index (χ2v) is 6.72. The molecule has 2 aromatic rings. The van der Waals surface area contributed by atoms with Crippen LogP contribution in [0.3, 0.4) is 0 Å². The van der Waals surface area contributed by atoms with E-state index in [-0.39, 0.29) is 30.0 Å². The molecule has 1 saturated heterocycles. The van der Waals surface area contributed by atoms with Gasteiger partial charge in [0, 0.05) is 18.1 Å². The predicted octanol–water partition coefficient (Wildman–Crippen LogP) is 2.73. The Hall–Kier alpha value is -1.99. The molecular formula is C17H17FN2O3S. The molecular weight excluding hydrogens is 331 g/mol. The number of aromatic nitrogens is 1. The number of halogens is 1. The van der Waals surface area contributed by atoms with E-state index in [2.05, 4.69) is 4.98 Å². The Bertz CT molecular complexity index is 724. The molecule has 0 N–H and O–H groups in total. The lowest BCUT2D eigenvalue weighted by Gasteiger charge is -2.38. The number of nitrogens with zero attached hydrogens (tertiary/aromatic N) is 2. The van der Waals surface area contributed by atoms with Crippen LogP contribution in [0.4, 0.5) is 4.39 Å². The normalized spacial score (nSPS) is 26.2. The van der Waals surface area contributed by atoms with Crippen LogP contribution in [0.5, 0.6) is 5.88 Å². The Labute approximate surface area is 143 Å². The van der Waals surface area contributed by atoms with Gasteiger partial charge < -0.3 is 14.4 Å². The standard InChI is InChI=1S/C17H17FN2O3S/c18-12-2-1-6-19-16(12)23-14-4-3-13-15(14)22-8-7-20(13)17(21)11-5-9-24-10-11/h1-2,5-6,9-10,13-15H,3-4,7-8H2/t13-,14-,15+/m1/s1. The molecule has 0 aromatic carbocycles. The smallest absolute Gasteiger partial charge is 0.255 e. The third-order valence-corrected chi connectivity index (χ3v) is 5.24. The van der Waals surface area contributed by atoms with Crippen molar-refractivity contribution < 1.29 is 18.7 Å². The Morgan fingerprint density at radius 3 is 3.12 bits per heavy atom. The highest BCUT2D eigenvalue weighted by Crippen LogP contribution is 2.34. The van der Waals surface area contributed by atoms with Crippen LogP contribution in [0, 0.1) is 5.82 Å². The average molecular weight is 348 g/mol. The molecule has 7 heteroatoms. The number of carbonyl (C=O) groups is 1. The molecule has 0 bridgehead atoms. The molecule has 1 aliphatic carbocycles. The zero-order chi connectivity index (χ0) is 16.5.